The third kappa shape index (κ3) is 13.0. The zero-order valence-corrected chi connectivity index (χ0v) is 21.9. The molecule has 0 amide bonds. The molecule has 0 atom stereocenters. The standard InChI is InChI=1S/C28H49N3O.ClH/c1(3-5-15-27-32-28-16-8-6-9-17-28)2-4-10-20-30-23-25-31(26-24-30)22-14-13-21-29-18-11-7-12-19-29;/h6,8-9,16-17H,1-5,7,10-15,18-27H2;1H. The number of para-hydroxylation sites is 1. The van der Waals surface area contributed by atoms with Crippen molar-refractivity contribution in [2.75, 3.05) is 65.5 Å². The molecule has 1 aromatic carbocycles. The molecular formula is C28H50ClN3O. The first-order valence-electron chi connectivity index (χ1n) is 13.7. The molecule has 4 nitrogen and oxygen atoms in total. The van der Waals surface area contributed by atoms with Crippen LogP contribution in [0.2, 0.25) is 0 Å². The molecule has 0 radical (unpaired) electrons. The number of ether oxygens (including phenoxy) is 1. The van der Waals surface area contributed by atoms with Crippen molar-refractivity contribution in [3.05, 3.63) is 30.3 Å². The van der Waals surface area contributed by atoms with Crippen molar-refractivity contribution < 1.29 is 4.74 Å². The Hall–Kier alpha value is -0.810. The molecule has 2 aliphatic heterocycles. The summed E-state index contributed by atoms with van der Waals surface area (Å²) >= 11 is 0. The van der Waals surface area contributed by atoms with E-state index in [1.807, 2.05) is 30.3 Å². The smallest absolute Gasteiger partial charge is 0.119 e. The Balaban J connectivity index is 0.00000385. The van der Waals surface area contributed by atoms with Gasteiger partial charge in [0.25, 0.3) is 0 Å². The fourth-order valence-electron chi connectivity index (χ4n) is 5.12. The van der Waals surface area contributed by atoms with Crippen LogP contribution in [0, 0.1) is 0 Å². The van der Waals surface area contributed by atoms with E-state index in [9.17, 15) is 0 Å². The molecule has 2 heterocycles. The summed E-state index contributed by atoms with van der Waals surface area (Å²) < 4.78 is 5.77. The van der Waals surface area contributed by atoms with Gasteiger partial charge in [0.2, 0.25) is 0 Å². The second kappa shape index (κ2) is 18.5. The summed E-state index contributed by atoms with van der Waals surface area (Å²) in [4.78, 5) is 8.08. The molecule has 0 bridgehead atoms. The number of benzene rings is 1. The van der Waals surface area contributed by atoms with Gasteiger partial charge >= 0.3 is 0 Å². The summed E-state index contributed by atoms with van der Waals surface area (Å²) in [5, 5.41) is 0. The van der Waals surface area contributed by atoms with E-state index in [1.165, 1.54) is 136 Å². The predicted molar refractivity (Wildman–Crippen MR) is 144 cm³/mol. The lowest BCUT2D eigenvalue weighted by Gasteiger charge is -2.35. The number of rotatable bonds is 16. The molecule has 2 saturated heterocycles. The Labute approximate surface area is 210 Å². The number of piperazine rings is 1. The fourth-order valence-corrected chi connectivity index (χ4v) is 5.12. The van der Waals surface area contributed by atoms with Crippen LogP contribution in [-0.4, -0.2) is 80.2 Å². The van der Waals surface area contributed by atoms with Gasteiger partial charge in [-0.25, -0.2) is 0 Å². The van der Waals surface area contributed by atoms with Crippen LogP contribution in [0.25, 0.3) is 0 Å². The molecule has 3 rings (SSSR count). The molecule has 2 aliphatic rings. The molecular weight excluding hydrogens is 430 g/mol. The van der Waals surface area contributed by atoms with Crippen molar-refractivity contribution in [2.45, 2.75) is 77.0 Å². The van der Waals surface area contributed by atoms with E-state index in [2.05, 4.69) is 14.7 Å². The Morgan fingerprint density at radius 3 is 1.55 bits per heavy atom. The maximum atomic E-state index is 5.77. The van der Waals surface area contributed by atoms with E-state index in [4.69, 9.17) is 4.74 Å². The largest absolute Gasteiger partial charge is 0.494 e. The highest BCUT2D eigenvalue weighted by Gasteiger charge is 2.16. The number of halogens is 1. The van der Waals surface area contributed by atoms with Crippen molar-refractivity contribution in [1.82, 2.24) is 14.7 Å². The molecule has 0 aliphatic carbocycles. The minimum Gasteiger partial charge on any atom is -0.494 e. The van der Waals surface area contributed by atoms with Gasteiger partial charge < -0.3 is 19.4 Å². The van der Waals surface area contributed by atoms with Crippen LogP contribution >= 0.6 is 12.4 Å². The first-order valence-corrected chi connectivity index (χ1v) is 13.7. The van der Waals surface area contributed by atoms with Gasteiger partial charge in [0.15, 0.2) is 0 Å². The van der Waals surface area contributed by atoms with Crippen molar-refractivity contribution in [3.63, 3.8) is 0 Å². The molecule has 33 heavy (non-hydrogen) atoms. The third-order valence-electron chi connectivity index (χ3n) is 7.24. The lowest BCUT2D eigenvalue weighted by atomic mass is 10.1. The molecule has 1 aromatic rings. The maximum absolute atomic E-state index is 5.77. The first-order chi connectivity index (χ1) is 15.9. The van der Waals surface area contributed by atoms with Crippen LogP contribution in [-0.2, 0) is 0 Å². The van der Waals surface area contributed by atoms with Crippen LogP contribution in [0.5, 0.6) is 5.75 Å². The highest BCUT2D eigenvalue weighted by molar-refractivity contribution is 5.85. The highest BCUT2D eigenvalue weighted by Crippen LogP contribution is 2.13. The number of hydrogen-bond donors (Lipinski definition) is 0. The number of piperidine rings is 1. The Bertz CT molecular complexity index is 560. The molecule has 2 fully saturated rings. The van der Waals surface area contributed by atoms with Gasteiger partial charge in [0, 0.05) is 26.2 Å². The second-order valence-electron chi connectivity index (χ2n) is 9.93. The van der Waals surface area contributed by atoms with E-state index in [-0.39, 0.29) is 12.4 Å². The molecule has 0 unspecified atom stereocenters. The summed E-state index contributed by atoms with van der Waals surface area (Å²) in [5.41, 5.74) is 0. The monoisotopic (exact) mass is 479 g/mol. The summed E-state index contributed by atoms with van der Waals surface area (Å²) in [6.07, 6.45) is 16.5. The van der Waals surface area contributed by atoms with E-state index < -0.39 is 0 Å². The Morgan fingerprint density at radius 1 is 0.515 bits per heavy atom. The number of nitrogens with zero attached hydrogens (tertiary/aromatic N) is 3. The van der Waals surface area contributed by atoms with Crippen LogP contribution < -0.4 is 4.74 Å². The van der Waals surface area contributed by atoms with Gasteiger partial charge in [0.05, 0.1) is 6.61 Å². The van der Waals surface area contributed by atoms with Crippen LogP contribution in [0.1, 0.15) is 77.0 Å². The summed E-state index contributed by atoms with van der Waals surface area (Å²) in [6, 6.07) is 10.2. The normalized spacial score (nSPS) is 18.2. The molecule has 0 N–H and O–H groups in total. The fraction of sp³-hybridized carbons (Fsp3) is 0.786. The molecule has 190 valence electrons. The Kier molecular flexibility index (Phi) is 15.9. The molecule has 0 aromatic heterocycles. The van der Waals surface area contributed by atoms with E-state index in [0.29, 0.717) is 0 Å². The average molecular weight is 480 g/mol. The van der Waals surface area contributed by atoms with Gasteiger partial charge in [-0.3, -0.25) is 0 Å². The molecule has 0 saturated carbocycles. The van der Waals surface area contributed by atoms with Crippen LogP contribution in [0.4, 0.5) is 0 Å². The lowest BCUT2D eigenvalue weighted by Crippen LogP contribution is -2.46. The molecule has 5 heteroatoms. The summed E-state index contributed by atoms with van der Waals surface area (Å²) in [7, 11) is 0. The van der Waals surface area contributed by atoms with Crippen molar-refractivity contribution in [2.24, 2.45) is 0 Å². The van der Waals surface area contributed by atoms with E-state index in [1.54, 1.807) is 0 Å². The van der Waals surface area contributed by atoms with Crippen LogP contribution in [0.15, 0.2) is 30.3 Å². The van der Waals surface area contributed by atoms with Crippen LogP contribution in [0.3, 0.4) is 0 Å². The zero-order chi connectivity index (χ0) is 22.1. The van der Waals surface area contributed by atoms with E-state index >= 15 is 0 Å². The minimum absolute atomic E-state index is 0. The number of hydrogen-bond acceptors (Lipinski definition) is 4. The first kappa shape index (κ1) is 28.4. The van der Waals surface area contributed by atoms with Crippen molar-refractivity contribution >= 4 is 12.4 Å². The topological polar surface area (TPSA) is 19.0 Å². The average Bonchev–Trinajstić information content (AvgIpc) is 2.85. The van der Waals surface area contributed by atoms with Gasteiger partial charge in [0.1, 0.15) is 5.75 Å². The maximum Gasteiger partial charge on any atom is 0.119 e. The predicted octanol–water partition coefficient (Wildman–Crippen LogP) is 6.10. The van der Waals surface area contributed by atoms with Crippen molar-refractivity contribution in [1.29, 1.82) is 0 Å². The quantitative estimate of drug-likeness (QED) is 0.266. The summed E-state index contributed by atoms with van der Waals surface area (Å²) in [5.74, 6) is 1.00. The summed E-state index contributed by atoms with van der Waals surface area (Å²) in [6.45, 7) is 12.7. The molecule has 0 spiro atoms. The van der Waals surface area contributed by atoms with Gasteiger partial charge in [-0.15, -0.1) is 12.4 Å². The van der Waals surface area contributed by atoms with E-state index in [0.717, 1.165) is 12.4 Å². The third-order valence-corrected chi connectivity index (χ3v) is 7.24. The highest BCUT2D eigenvalue weighted by atomic mass is 35.5. The van der Waals surface area contributed by atoms with Gasteiger partial charge in [-0.05, 0) is 83.4 Å². The van der Waals surface area contributed by atoms with Gasteiger partial charge in [-0.1, -0.05) is 56.7 Å². The number of unbranched alkanes of at least 4 members (excludes halogenated alkanes) is 7. The lowest BCUT2D eigenvalue weighted by molar-refractivity contribution is 0.127. The second-order valence-corrected chi connectivity index (χ2v) is 9.93. The minimum atomic E-state index is 0. The number of likely N-dealkylation sites (tertiary alicyclic amines) is 1. The van der Waals surface area contributed by atoms with Gasteiger partial charge in [-0.2, -0.15) is 0 Å². The van der Waals surface area contributed by atoms with Crippen molar-refractivity contribution in [3.8, 4) is 5.75 Å². The SMILES string of the molecule is Cl.c1ccc(OCCCCCCCCCN2CCN(CCCCN3CCCCC3)CC2)cc1. The zero-order valence-electron chi connectivity index (χ0n) is 21.1. The Morgan fingerprint density at radius 2 is 0.970 bits per heavy atom.